The summed E-state index contributed by atoms with van der Waals surface area (Å²) in [6.45, 7) is 0.471. The SMILES string of the molecule is COCN(OC(C)=O)[C@H](CO)c1ccc(F)cc1F. The molecule has 1 atom stereocenters. The maximum atomic E-state index is 13.7. The van der Waals surface area contributed by atoms with Crippen LogP contribution in [0.25, 0.3) is 0 Å². The molecule has 7 heteroatoms. The summed E-state index contributed by atoms with van der Waals surface area (Å²) in [4.78, 5) is 15.8. The number of rotatable bonds is 6. The number of aliphatic hydroxyl groups excluding tert-OH is 1. The van der Waals surface area contributed by atoms with Gasteiger partial charge in [0.2, 0.25) is 0 Å². The number of hydrogen-bond donors (Lipinski definition) is 1. The Hall–Kier alpha value is -1.57. The van der Waals surface area contributed by atoms with E-state index in [1.54, 1.807) is 0 Å². The first-order valence-electron chi connectivity index (χ1n) is 5.49. The fraction of sp³-hybridized carbons (Fsp3) is 0.417. The number of hydroxylamine groups is 2. The summed E-state index contributed by atoms with van der Waals surface area (Å²) in [6.07, 6.45) is 0. The van der Waals surface area contributed by atoms with Crippen molar-refractivity contribution in [3.63, 3.8) is 0 Å². The number of methoxy groups -OCH3 is 1. The lowest BCUT2D eigenvalue weighted by Crippen LogP contribution is -2.35. The van der Waals surface area contributed by atoms with Crippen LogP contribution >= 0.6 is 0 Å². The van der Waals surface area contributed by atoms with Crippen molar-refractivity contribution < 1.29 is 28.3 Å². The van der Waals surface area contributed by atoms with Crippen LogP contribution in [0.15, 0.2) is 18.2 Å². The Morgan fingerprint density at radius 2 is 2.16 bits per heavy atom. The van der Waals surface area contributed by atoms with E-state index in [0.29, 0.717) is 6.07 Å². The number of carbonyl (C=O) groups is 1. The maximum absolute atomic E-state index is 13.7. The third kappa shape index (κ3) is 4.23. The zero-order valence-electron chi connectivity index (χ0n) is 10.6. The number of halogens is 2. The molecule has 0 aliphatic carbocycles. The van der Waals surface area contributed by atoms with Crippen LogP contribution in [-0.4, -0.2) is 36.6 Å². The molecule has 0 heterocycles. The van der Waals surface area contributed by atoms with Crippen LogP contribution in [0.4, 0.5) is 8.78 Å². The highest BCUT2D eigenvalue weighted by atomic mass is 19.1. The maximum Gasteiger partial charge on any atom is 0.322 e. The van der Waals surface area contributed by atoms with E-state index in [1.807, 2.05) is 0 Å². The van der Waals surface area contributed by atoms with Crippen molar-refractivity contribution in [1.29, 1.82) is 0 Å². The Bertz CT molecular complexity index is 442. The molecule has 0 amide bonds. The summed E-state index contributed by atoms with van der Waals surface area (Å²) in [7, 11) is 1.35. The minimum Gasteiger partial charge on any atom is -0.394 e. The highest BCUT2D eigenvalue weighted by Gasteiger charge is 2.25. The first-order chi connectivity index (χ1) is 8.99. The molecule has 0 saturated heterocycles. The van der Waals surface area contributed by atoms with Gasteiger partial charge in [-0.2, -0.15) is 0 Å². The van der Waals surface area contributed by atoms with Crippen LogP contribution in [0, 0.1) is 11.6 Å². The number of carbonyl (C=O) groups excluding carboxylic acids is 1. The molecule has 1 rings (SSSR count). The Morgan fingerprint density at radius 3 is 2.63 bits per heavy atom. The zero-order valence-corrected chi connectivity index (χ0v) is 10.6. The summed E-state index contributed by atoms with van der Waals surface area (Å²) in [5, 5.41) is 10.3. The summed E-state index contributed by atoms with van der Waals surface area (Å²) < 4.78 is 31.3. The lowest BCUT2D eigenvalue weighted by molar-refractivity contribution is -0.228. The molecule has 0 bridgehead atoms. The summed E-state index contributed by atoms with van der Waals surface area (Å²) >= 11 is 0. The van der Waals surface area contributed by atoms with Crippen molar-refractivity contribution in [2.75, 3.05) is 20.4 Å². The van der Waals surface area contributed by atoms with Gasteiger partial charge < -0.3 is 14.7 Å². The zero-order chi connectivity index (χ0) is 14.4. The van der Waals surface area contributed by atoms with Gasteiger partial charge in [-0.1, -0.05) is 6.07 Å². The highest BCUT2D eigenvalue weighted by molar-refractivity contribution is 5.65. The van der Waals surface area contributed by atoms with E-state index in [4.69, 9.17) is 9.57 Å². The van der Waals surface area contributed by atoms with Crippen LogP contribution in [0.1, 0.15) is 18.5 Å². The van der Waals surface area contributed by atoms with E-state index in [2.05, 4.69) is 0 Å². The monoisotopic (exact) mass is 275 g/mol. The number of ether oxygens (including phenoxy) is 1. The third-order valence-electron chi connectivity index (χ3n) is 2.34. The van der Waals surface area contributed by atoms with Crippen LogP contribution in [0.2, 0.25) is 0 Å². The molecular formula is C12H15F2NO4. The summed E-state index contributed by atoms with van der Waals surface area (Å²) in [5.74, 6) is -2.21. The molecule has 0 unspecified atom stereocenters. The normalized spacial score (nSPS) is 12.5. The molecule has 0 aromatic heterocycles. The molecule has 0 radical (unpaired) electrons. The molecule has 106 valence electrons. The van der Waals surface area contributed by atoms with Gasteiger partial charge >= 0.3 is 5.97 Å². The van der Waals surface area contributed by atoms with Gasteiger partial charge in [-0.3, -0.25) is 4.79 Å². The fourth-order valence-corrected chi connectivity index (χ4v) is 1.59. The molecule has 5 nitrogen and oxygen atoms in total. The largest absolute Gasteiger partial charge is 0.394 e. The molecule has 0 aliphatic rings. The Balaban J connectivity index is 3.04. The number of aliphatic hydroxyl groups is 1. The second-order valence-corrected chi connectivity index (χ2v) is 3.78. The molecule has 0 fully saturated rings. The molecule has 19 heavy (non-hydrogen) atoms. The van der Waals surface area contributed by atoms with E-state index in [-0.39, 0.29) is 12.3 Å². The van der Waals surface area contributed by atoms with Crippen LogP contribution in [-0.2, 0) is 14.4 Å². The molecular weight excluding hydrogens is 260 g/mol. The molecule has 0 spiro atoms. The van der Waals surface area contributed by atoms with Crippen molar-refractivity contribution in [2.45, 2.75) is 13.0 Å². The van der Waals surface area contributed by atoms with E-state index < -0.39 is 30.3 Å². The van der Waals surface area contributed by atoms with Gasteiger partial charge in [0.05, 0.1) is 12.6 Å². The topological polar surface area (TPSA) is 59.0 Å². The van der Waals surface area contributed by atoms with E-state index in [1.165, 1.54) is 13.2 Å². The summed E-state index contributed by atoms with van der Waals surface area (Å²) in [6, 6.07) is 1.94. The second kappa shape index (κ2) is 7.13. The number of benzene rings is 1. The minimum atomic E-state index is -0.982. The number of nitrogens with zero attached hydrogens (tertiary/aromatic N) is 1. The lowest BCUT2D eigenvalue weighted by Gasteiger charge is -2.27. The first-order valence-corrected chi connectivity index (χ1v) is 5.49. The average molecular weight is 275 g/mol. The minimum absolute atomic E-state index is 0.00204. The standard InChI is InChI=1S/C12H15F2NO4/c1-8(17)19-15(7-18-2)12(6-16)10-4-3-9(13)5-11(10)14/h3-5,12,16H,6-7H2,1-2H3/t12-/m1/s1. The van der Waals surface area contributed by atoms with Gasteiger partial charge in [0.1, 0.15) is 18.4 Å². The van der Waals surface area contributed by atoms with E-state index >= 15 is 0 Å². The highest BCUT2D eigenvalue weighted by Crippen LogP contribution is 2.24. The van der Waals surface area contributed by atoms with Gasteiger partial charge in [0, 0.05) is 25.7 Å². The molecule has 1 N–H and O–H groups in total. The second-order valence-electron chi connectivity index (χ2n) is 3.78. The fourth-order valence-electron chi connectivity index (χ4n) is 1.59. The Kier molecular flexibility index (Phi) is 5.81. The van der Waals surface area contributed by atoms with Crippen LogP contribution < -0.4 is 0 Å². The predicted molar refractivity (Wildman–Crippen MR) is 61.7 cm³/mol. The van der Waals surface area contributed by atoms with E-state index in [9.17, 15) is 18.7 Å². The first kappa shape index (κ1) is 15.5. The quantitative estimate of drug-likeness (QED) is 0.628. The molecule has 1 aromatic rings. The molecule has 0 saturated carbocycles. The van der Waals surface area contributed by atoms with Crippen LogP contribution in [0.5, 0.6) is 0 Å². The van der Waals surface area contributed by atoms with Gasteiger partial charge in [-0.25, -0.2) is 8.78 Å². The lowest BCUT2D eigenvalue weighted by atomic mass is 10.1. The molecule has 1 aromatic carbocycles. The van der Waals surface area contributed by atoms with Crippen molar-refractivity contribution in [2.24, 2.45) is 0 Å². The summed E-state index contributed by atoms with van der Waals surface area (Å²) in [5.41, 5.74) is 0.00204. The van der Waals surface area contributed by atoms with Crippen molar-refractivity contribution >= 4 is 5.97 Å². The smallest absolute Gasteiger partial charge is 0.322 e. The van der Waals surface area contributed by atoms with Crippen LogP contribution in [0.3, 0.4) is 0 Å². The van der Waals surface area contributed by atoms with Gasteiger partial charge in [-0.05, 0) is 6.07 Å². The van der Waals surface area contributed by atoms with Crippen molar-refractivity contribution in [1.82, 2.24) is 5.06 Å². The van der Waals surface area contributed by atoms with E-state index in [0.717, 1.165) is 18.1 Å². The van der Waals surface area contributed by atoms with Gasteiger partial charge in [-0.15, -0.1) is 5.06 Å². The van der Waals surface area contributed by atoms with Gasteiger partial charge in [0.25, 0.3) is 0 Å². The van der Waals surface area contributed by atoms with Crippen molar-refractivity contribution in [3.8, 4) is 0 Å². The predicted octanol–water partition coefficient (Wildman–Crippen LogP) is 1.38. The van der Waals surface area contributed by atoms with Crippen molar-refractivity contribution in [3.05, 3.63) is 35.4 Å². The Morgan fingerprint density at radius 1 is 1.47 bits per heavy atom. The number of hydrogen-bond acceptors (Lipinski definition) is 5. The van der Waals surface area contributed by atoms with Gasteiger partial charge in [0.15, 0.2) is 0 Å². The Labute approximate surface area is 109 Å². The third-order valence-corrected chi connectivity index (χ3v) is 2.34. The average Bonchev–Trinajstić information content (AvgIpc) is 2.32. The molecule has 0 aliphatic heterocycles.